The van der Waals surface area contributed by atoms with Gasteiger partial charge in [0.05, 0.1) is 0 Å². The number of aromatic nitrogens is 3. The predicted molar refractivity (Wildman–Crippen MR) is 60.5 cm³/mol. The first-order valence-electron chi connectivity index (χ1n) is 4.45. The molecule has 1 aromatic heterocycles. The highest BCUT2D eigenvalue weighted by molar-refractivity contribution is 9.10. The Labute approximate surface area is 95.7 Å². The fraction of sp³-hybridized carbons (Fsp3) is 0.200. The molecule has 0 amide bonds. The highest BCUT2D eigenvalue weighted by atomic mass is 79.9. The van der Waals surface area contributed by atoms with Gasteiger partial charge in [-0.1, -0.05) is 16.8 Å². The van der Waals surface area contributed by atoms with Gasteiger partial charge in [0.25, 0.3) is 0 Å². The van der Waals surface area contributed by atoms with Crippen molar-refractivity contribution in [1.29, 1.82) is 0 Å². The van der Waals surface area contributed by atoms with Gasteiger partial charge in [0.2, 0.25) is 0 Å². The van der Waals surface area contributed by atoms with Crippen LogP contribution in [0, 0.1) is 6.92 Å². The van der Waals surface area contributed by atoms with Gasteiger partial charge in [-0.3, -0.25) is 0 Å². The van der Waals surface area contributed by atoms with Crippen LogP contribution >= 0.6 is 15.9 Å². The zero-order valence-corrected chi connectivity index (χ0v) is 9.98. The van der Waals surface area contributed by atoms with Gasteiger partial charge >= 0.3 is 0 Å². The molecule has 1 heterocycles. The Morgan fingerprint density at radius 1 is 1.40 bits per heavy atom. The van der Waals surface area contributed by atoms with Gasteiger partial charge in [-0.05, 0) is 35.0 Å². The van der Waals surface area contributed by atoms with Crippen molar-refractivity contribution >= 4 is 15.9 Å². The maximum Gasteiger partial charge on any atom is 0.156 e. The van der Waals surface area contributed by atoms with Crippen molar-refractivity contribution in [1.82, 2.24) is 15.0 Å². The summed E-state index contributed by atoms with van der Waals surface area (Å²) < 4.78 is 2.25. The highest BCUT2D eigenvalue weighted by Crippen LogP contribution is 2.33. The summed E-state index contributed by atoms with van der Waals surface area (Å²) in [4.78, 5) is 0. The number of phenolic OH excluding ortho intramolecular Hbond substituents is 1. The Morgan fingerprint density at radius 3 is 2.73 bits per heavy atom. The van der Waals surface area contributed by atoms with Crippen molar-refractivity contribution in [2.24, 2.45) is 7.05 Å². The average Bonchev–Trinajstić information content (AvgIpc) is 2.51. The molecule has 5 heteroatoms. The summed E-state index contributed by atoms with van der Waals surface area (Å²) in [6.45, 7) is 1.97. The first-order chi connectivity index (χ1) is 7.09. The Kier molecular flexibility index (Phi) is 2.48. The number of aromatic hydroxyl groups is 1. The average molecular weight is 268 g/mol. The van der Waals surface area contributed by atoms with E-state index >= 15 is 0 Å². The summed E-state index contributed by atoms with van der Waals surface area (Å²) in [5.41, 5.74) is 2.58. The van der Waals surface area contributed by atoms with Crippen LogP contribution in [-0.2, 0) is 7.05 Å². The Bertz CT molecular complexity index is 488. The summed E-state index contributed by atoms with van der Waals surface area (Å²) in [5, 5.41) is 17.5. The predicted octanol–water partition coefficient (Wildman–Crippen LogP) is 2.26. The monoisotopic (exact) mass is 267 g/mol. The number of halogens is 1. The van der Waals surface area contributed by atoms with Crippen LogP contribution in [-0.4, -0.2) is 20.1 Å². The molecule has 2 aromatic rings. The molecule has 1 aromatic carbocycles. The first kappa shape index (κ1) is 10.2. The molecule has 0 atom stereocenters. The normalized spacial score (nSPS) is 10.6. The maximum atomic E-state index is 9.77. The zero-order chi connectivity index (χ0) is 11.0. The minimum absolute atomic E-state index is 0.228. The molecule has 15 heavy (non-hydrogen) atoms. The topological polar surface area (TPSA) is 50.9 Å². The molecule has 0 aliphatic heterocycles. The van der Waals surface area contributed by atoms with E-state index in [1.54, 1.807) is 17.8 Å². The zero-order valence-electron chi connectivity index (χ0n) is 8.40. The van der Waals surface area contributed by atoms with Gasteiger partial charge in [0, 0.05) is 12.6 Å². The molecule has 0 saturated carbocycles. The quantitative estimate of drug-likeness (QED) is 0.863. The summed E-state index contributed by atoms with van der Waals surface area (Å²) in [5.74, 6) is 0.228. The molecule has 0 fully saturated rings. The molecule has 4 nitrogen and oxygen atoms in total. The van der Waals surface area contributed by atoms with Crippen molar-refractivity contribution in [3.63, 3.8) is 0 Å². The summed E-state index contributed by atoms with van der Waals surface area (Å²) in [7, 11) is 1.79. The van der Waals surface area contributed by atoms with Gasteiger partial charge in [-0.2, -0.15) is 0 Å². The van der Waals surface area contributed by atoms with E-state index in [-0.39, 0.29) is 5.75 Å². The van der Waals surface area contributed by atoms with Crippen molar-refractivity contribution in [2.45, 2.75) is 6.92 Å². The van der Waals surface area contributed by atoms with Crippen molar-refractivity contribution in [2.75, 3.05) is 0 Å². The van der Waals surface area contributed by atoms with Gasteiger partial charge in [-0.25, -0.2) is 4.68 Å². The lowest BCUT2D eigenvalue weighted by Gasteiger charge is -2.05. The number of aryl methyl sites for hydroxylation is 2. The maximum absolute atomic E-state index is 9.77. The molecule has 0 bridgehead atoms. The van der Waals surface area contributed by atoms with E-state index in [9.17, 15) is 5.11 Å². The minimum atomic E-state index is 0.228. The third-order valence-electron chi connectivity index (χ3n) is 2.19. The summed E-state index contributed by atoms with van der Waals surface area (Å²) in [6.07, 6.45) is 0. The van der Waals surface area contributed by atoms with E-state index in [4.69, 9.17) is 0 Å². The molecule has 2 rings (SSSR count). The van der Waals surface area contributed by atoms with Crippen LogP contribution in [0.3, 0.4) is 0 Å². The molecule has 0 aliphatic rings. The van der Waals surface area contributed by atoms with E-state index in [1.165, 1.54) is 0 Å². The van der Waals surface area contributed by atoms with Crippen LogP contribution in [0.5, 0.6) is 5.75 Å². The van der Waals surface area contributed by atoms with Crippen LogP contribution in [0.1, 0.15) is 5.56 Å². The second kappa shape index (κ2) is 3.66. The summed E-state index contributed by atoms with van der Waals surface area (Å²) in [6, 6.07) is 5.43. The molecule has 0 radical (unpaired) electrons. The van der Waals surface area contributed by atoms with Crippen LogP contribution in [0.2, 0.25) is 0 Å². The Morgan fingerprint density at radius 2 is 2.13 bits per heavy atom. The SMILES string of the molecule is Cc1ccc(O)c(-c2c(Br)nnn2C)c1. The molecular weight excluding hydrogens is 258 g/mol. The van der Waals surface area contributed by atoms with Gasteiger partial charge < -0.3 is 5.11 Å². The van der Waals surface area contributed by atoms with Crippen LogP contribution in [0.25, 0.3) is 11.3 Å². The van der Waals surface area contributed by atoms with Gasteiger partial charge in [0.15, 0.2) is 4.60 Å². The fourth-order valence-corrected chi connectivity index (χ4v) is 2.00. The minimum Gasteiger partial charge on any atom is -0.507 e. The van der Waals surface area contributed by atoms with Gasteiger partial charge in [-0.15, -0.1) is 5.10 Å². The van der Waals surface area contributed by atoms with E-state index in [2.05, 4.69) is 26.2 Å². The number of nitrogens with zero attached hydrogens (tertiary/aromatic N) is 3. The number of phenols is 1. The fourth-order valence-electron chi connectivity index (χ4n) is 1.46. The van der Waals surface area contributed by atoms with E-state index in [1.807, 2.05) is 19.1 Å². The van der Waals surface area contributed by atoms with Crippen molar-refractivity contribution in [3.05, 3.63) is 28.4 Å². The Hall–Kier alpha value is -1.36. The first-order valence-corrected chi connectivity index (χ1v) is 5.24. The van der Waals surface area contributed by atoms with Crippen LogP contribution < -0.4 is 0 Å². The summed E-state index contributed by atoms with van der Waals surface area (Å²) >= 11 is 3.31. The number of hydrogen-bond acceptors (Lipinski definition) is 3. The number of hydrogen-bond donors (Lipinski definition) is 1. The lowest BCUT2D eigenvalue weighted by molar-refractivity contribution is 0.476. The Balaban J connectivity index is 2.68. The van der Waals surface area contributed by atoms with Crippen molar-refractivity contribution < 1.29 is 5.11 Å². The molecule has 78 valence electrons. The van der Waals surface area contributed by atoms with Gasteiger partial charge in [0.1, 0.15) is 11.4 Å². The molecule has 1 N–H and O–H groups in total. The van der Waals surface area contributed by atoms with Crippen LogP contribution in [0.15, 0.2) is 22.8 Å². The standard InChI is InChI=1S/C10H10BrN3O/c1-6-3-4-8(15)7(5-6)9-10(11)12-13-14(9)2/h3-5,15H,1-2H3. The second-order valence-corrected chi connectivity index (χ2v) is 4.12. The molecule has 0 saturated heterocycles. The second-order valence-electron chi connectivity index (χ2n) is 3.37. The highest BCUT2D eigenvalue weighted by Gasteiger charge is 2.14. The third-order valence-corrected chi connectivity index (χ3v) is 2.73. The lowest BCUT2D eigenvalue weighted by atomic mass is 10.1. The molecule has 0 unspecified atom stereocenters. The third kappa shape index (κ3) is 1.74. The largest absolute Gasteiger partial charge is 0.507 e. The van der Waals surface area contributed by atoms with E-state index in [0.717, 1.165) is 16.8 Å². The molecule has 0 aliphatic carbocycles. The van der Waals surface area contributed by atoms with Crippen LogP contribution in [0.4, 0.5) is 0 Å². The smallest absolute Gasteiger partial charge is 0.156 e. The van der Waals surface area contributed by atoms with Crippen molar-refractivity contribution in [3.8, 4) is 17.0 Å². The molecular formula is C10H10BrN3O. The van der Waals surface area contributed by atoms with E-state index in [0.29, 0.717) is 4.60 Å². The number of benzene rings is 1. The number of rotatable bonds is 1. The lowest BCUT2D eigenvalue weighted by Crippen LogP contribution is -1.94. The van der Waals surface area contributed by atoms with E-state index < -0.39 is 0 Å². The molecule has 0 spiro atoms.